The third kappa shape index (κ3) is 6.95. The summed E-state index contributed by atoms with van der Waals surface area (Å²) in [6, 6.07) is 15.3. The van der Waals surface area contributed by atoms with Gasteiger partial charge in [-0.2, -0.15) is 0 Å². The summed E-state index contributed by atoms with van der Waals surface area (Å²) in [5.41, 5.74) is 3.71. The van der Waals surface area contributed by atoms with E-state index in [1.807, 2.05) is 12.1 Å². The van der Waals surface area contributed by atoms with Gasteiger partial charge in [-0.25, -0.2) is 9.59 Å². The van der Waals surface area contributed by atoms with Crippen LogP contribution >= 0.6 is 0 Å². The average Bonchev–Trinajstić information content (AvgIpc) is 2.81. The van der Waals surface area contributed by atoms with E-state index in [2.05, 4.69) is 25.6 Å². The lowest BCUT2D eigenvalue weighted by Crippen LogP contribution is -2.13. The maximum atomic E-state index is 12.0. The van der Waals surface area contributed by atoms with E-state index >= 15 is 0 Å². The molecule has 0 unspecified atom stereocenters. The van der Waals surface area contributed by atoms with E-state index in [1.54, 1.807) is 36.4 Å². The maximum Gasteiger partial charge on any atom is 0.338 e. The van der Waals surface area contributed by atoms with E-state index in [-0.39, 0.29) is 13.2 Å². The molecule has 0 aromatic heterocycles. The molecule has 4 nitrogen and oxygen atoms in total. The minimum Gasteiger partial charge on any atom is -0.459 e. The Balaban J connectivity index is 1.38. The lowest BCUT2D eigenvalue weighted by atomic mass is 9.79. The van der Waals surface area contributed by atoms with Crippen molar-refractivity contribution in [3.8, 4) is 0 Å². The van der Waals surface area contributed by atoms with Gasteiger partial charge < -0.3 is 9.47 Å². The van der Waals surface area contributed by atoms with Crippen molar-refractivity contribution in [3.05, 3.63) is 83.4 Å². The molecule has 0 atom stereocenters. The maximum absolute atomic E-state index is 12.0. The van der Waals surface area contributed by atoms with Crippen molar-refractivity contribution in [3.63, 3.8) is 0 Å². The van der Waals surface area contributed by atoms with Crippen LogP contribution in [-0.2, 0) is 14.3 Å². The lowest BCUT2D eigenvalue weighted by molar-refractivity contribution is -0.138. The van der Waals surface area contributed by atoms with Gasteiger partial charge in [-0.15, -0.1) is 0 Å². The van der Waals surface area contributed by atoms with Crippen molar-refractivity contribution in [2.24, 2.45) is 5.92 Å². The normalized spacial score (nSPS) is 18.5. The topological polar surface area (TPSA) is 52.6 Å². The van der Waals surface area contributed by atoms with Crippen LogP contribution in [0.15, 0.2) is 61.2 Å². The molecule has 2 aromatic carbocycles. The summed E-state index contributed by atoms with van der Waals surface area (Å²) >= 11 is 0. The Kier molecular flexibility index (Phi) is 8.22. The second kappa shape index (κ2) is 11.3. The number of rotatable bonds is 8. The fourth-order valence-electron chi connectivity index (χ4n) is 3.80. The van der Waals surface area contributed by atoms with Gasteiger partial charge in [0.25, 0.3) is 0 Å². The number of hydrogen-bond acceptors (Lipinski definition) is 4. The molecule has 0 heterocycles. The first-order valence-corrected chi connectivity index (χ1v) is 10.9. The van der Waals surface area contributed by atoms with E-state index in [9.17, 15) is 9.59 Å². The SMILES string of the molecule is C=Cc1ccc(C(=O)OCCOC(=O)/C=C/c2ccc(C3CCC(C)CC3)cc2)cc1. The van der Waals surface area contributed by atoms with Crippen molar-refractivity contribution in [1.29, 1.82) is 0 Å². The minimum atomic E-state index is -0.461. The quantitative estimate of drug-likeness (QED) is 0.298. The fraction of sp³-hybridized carbons (Fsp3) is 0.333. The highest BCUT2D eigenvalue weighted by Crippen LogP contribution is 2.35. The third-order valence-corrected chi connectivity index (χ3v) is 5.78. The van der Waals surface area contributed by atoms with Crippen LogP contribution in [-0.4, -0.2) is 25.2 Å². The van der Waals surface area contributed by atoms with Crippen LogP contribution in [0.3, 0.4) is 0 Å². The van der Waals surface area contributed by atoms with Crippen molar-refractivity contribution in [2.75, 3.05) is 13.2 Å². The van der Waals surface area contributed by atoms with E-state index in [0.29, 0.717) is 11.5 Å². The number of esters is 2. The summed E-state index contributed by atoms with van der Waals surface area (Å²) in [4.78, 5) is 23.8. The first kappa shape index (κ1) is 22.5. The number of hydrogen-bond donors (Lipinski definition) is 0. The Morgan fingerprint density at radius 3 is 2.16 bits per heavy atom. The van der Waals surface area contributed by atoms with Gasteiger partial charge in [0.15, 0.2) is 0 Å². The Morgan fingerprint density at radius 1 is 0.903 bits per heavy atom. The molecule has 4 heteroatoms. The molecule has 1 aliphatic rings. The Morgan fingerprint density at radius 2 is 1.52 bits per heavy atom. The summed E-state index contributed by atoms with van der Waals surface area (Å²) in [6.07, 6.45) is 9.95. The van der Waals surface area contributed by atoms with Gasteiger partial charge in [0.1, 0.15) is 13.2 Å². The first-order chi connectivity index (χ1) is 15.0. The zero-order valence-electron chi connectivity index (χ0n) is 18.1. The average molecular weight is 419 g/mol. The molecule has 0 spiro atoms. The molecular formula is C27H30O4. The lowest BCUT2D eigenvalue weighted by Gasteiger charge is -2.26. The Hall–Kier alpha value is -3.14. The molecular weight excluding hydrogens is 388 g/mol. The smallest absolute Gasteiger partial charge is 0.338 e. The van der Waals surface area contributed by atoms with Crippen molar-refractivity contribution in [1.82, 2.24) is 0 Å². The van der Waals surface area contributed by atoms with E-state index in [4.69, 9.17) is 9.47 Å². The van der Waals surface area contributed by atoms with Gasteiger partial charge in [-0.3, -0.25) is 0 Å². The largest absolute Gasteiger partial charge is 0.459 e. The predicted molar refractivity (Wildman–Crippen MR) is 124 cm³/mol. The van der Waals surface area contributed by atoms with Crippen LogP contribution in [0.4, 0.5) is 0 Å². The molecule has 162 valence electrons. The van der Waals surface area contributed by atoms with E-state index in [0.717, 1.165) is 17.0 Å². The first-order valence-electron chi connectivity index (χ1n) is 10.9. The van der Waals surface area contributed by atoms with Crippen molar-refractivity contribution < 1.29 is 19.1 Å². The fourth-order valence-corrected chi connectivity index (χ4v) is 3.80. The summed E-state index contributed by atoms with van der Waals surface area (Å²) in [6.45, 7) is 6.02. The molecule has 31 heavy (non-hydrogen) atoms. The highest BCUT2D eigenvalue weighted by atomic mass is 16.6. The van der Waals surface area contributed by atoms with Crippen LogP contribution in [0.1, 0.15) is 65.6 Å². The summed E-state index contributed by atoms with van der Waals surface area (Å²) < 4.78 is 10.2. The summed E-state index contributed by atoms with van der Waals surface area (Å²) in [5.74, 6) is 0.588. The Labute approximate surface area is 184 Å². The van der Waals surface area contributed by atoms with Gasteiger partial charge in [-0.05, 0) is 59.6 Å². The van der Waals surface area contributed by atoms with Gasteiger partial charge in [0.05, 0.1) is 5.56 Å². The van der Waals surface area contributed by atoms with Crippen LogP contribution in [0.5, 0.6) is 0 Å². The monoisotopic (exact) mass is 418 g/mol. The molecule has 1 fully saturated rings. The molecule has 1 saturated carbocycles. The molecule has 0 bridgehead atoms. The molecule has 1 aliphatic carbocycles. The van der Waals surface area contributed by atoms with Gasteiger partial charge in [0, 0.05) is 6.08 Å². The molecule has 0 amide bonds. The zero-order chi connectivity index (χ0) is 22.1. The molecule has 0 radical (unpaired) electrons. The molecule has 3 rings (SSSR count). The van der Waals surface area contributed by atoms with Crippen molar-refractivity contribution >= 4 is 24.1 Å². The Bertz CT molecular complexity index is 901. The van der Waals surface area contributed by atoms with Crippen molar-refractivity contribution in [2.45, 2.75) is 38.5 Å². The third-order valence-electron chi connectivity index (χ3n) is 5.78. The summed E-state index contributed by atoms with van der Waals surface area (Å²) in [5, 5.41) is 0. The zero-order valence-corrected chi connectivity index (χ0v) is 18.1. The molecule has 2 aromatic rings. The number of ether oxygens (including phenoxy) is 2. The standard InChI is InChI=1S/C27H30O4/c1-3-21-6-15-25(16-7-21)27(29)31-19-18-30-26(28)17-10-22-8-13-24(14-9-22)23-11-4-20(2)5-12-23/h3,6-10,13-17,20,23H,1,4-5,11-12,18-19H2,2H3/b17-10+. The predicted octanol–water partition coefficient (Wildman–Crippen LogP) is 6.04. The second-order valence-electron chi connectivity index (χ2n) is 8.09. The van der Waals surface area contributed by atoms with Gasteiger partial charge in [0.2, 0.25) is 0 Å². The number of benzene rings is 2. The van der Waals surface area contributed by atoms with Gasteiger partial charge in [-0.1, -0.05) is 68.8 Å². The second-order valence-corrected chi connectivity index (χ2v) is 8.09. The molecule has 0 saturated heterocycles. The number of carbonyl (C=O) groups excluding carboxylic acids is 2. The van der Waals surface area contributed by atoms with Crippen LogP contribution in [0, 0.1) is 5.92 Å². The van der Waals surface area contributed by atoms with Crippen LogP contribution < -0.4 is 0 Å². The highest BCUT2D eigenvalue weighted by Gasteiger charge is 2.19. The highest BCUT2D eigenvalue weighted by molar-refractivity contribution is 5.89. The van der Waals surface area contributed by atoms with E-state index in [1.165, 1.54) is 37.3 Å². The van der Waals surface area contributed by atoms with Crippen LogP contribution in [0.2, 0.25) is 0 Å². The minimum absolute atomic E-state index is 0.0102. The number of carbonyl (C=O) groups is 2. The molecule has 0 N–H and O–H groups in total. The summed E-state index contributed by atoms with van der Waals surface area (Å²) in [7, 11) is 0. The molecule has 0 aliphatic heterocycles. The van der Waals surface area contributed by atoms with Crippen LogP contribution in [0.25, 0.3) is 12.2 Å². The van der Waals surface area contributed by atoms with E-state index < -0.39 is 11.9 Å². The van der Waals surface area contributed by atoms with Gasteiger partial charge >= 0.3 is 11.9 Å².